The van der Waals surface area contributed by atoms with Crippen molar-refractivity contribution in [3.05, 3.63) is 83.9 Å². The summed E-state index contributed by atoms with van der Waals surface area (Å²) < 4.78 is 35.1. The van der Waals surface area contributed by atoms with Crippen molar-refractivity contribution in [3.8, 4) is 0 Å². The van der Waals surface area contributed by atoms with Crippen LogP contribution in [0, 0.1) is 23.7 Å². The molecule has 2 saturated heterocycles. The minimum atomic E-state index is -1.24. The summed E-state index contributed by atoms with van der Waals surface area (Å²) in [5.41, 5.74) is 1.33. The molecule has 2 aromatic rings. The first-order valence-electron chi connectivity index (χ1n) is 37.3. The van der Waals surface area contributed by atoms with Gasteiger partial charge >= 0.3 is 0 Å². The van der Waals surface area contributed by atoms with Gasteiger partial charge in [0.15, 0.2) is 0 Å². The van der Waals surface area contributed by atoms with Crippen LogP contribution < -0.4 is 31.9 Å². The zero-order valence-corrected chi connectivity index (χ0v) is 64.6. The fourth-order valence-electron chi connectivity index (χ4n) is 13.3. The lowest BCUT2D eigenvalue weighted by atomic mass is 9.89. The number of rotatable bonds is 36. The Balaban J connectivity index is 1.11. The quantitative estimate of drug-likeness (QED) is 0.0463. The number of likely N-dealkylation sites (N-methyl/N-ethyl adjacent to an activating group) is 2. The molecule has 0 unspecified atom stereocenters. The van der Waals surface area contributed by atoms with Gasteiger partial charge in [-0.1, -0.05) is 116 Å². The van der Waals surface area contributed by atoms with Crippen LogP contribution in [-0.4, -0.2) is 300 Å². The van der Waals surface area contributed by atoms with Crippen LogP contribution in [0.3, 0.4) is 0 Å². The van der Waals surface area contributed by atoms with Crippen LogP contribution in [0.1, 0.15) is 111 Å². The topological polar surface area (TPSA) is 372 Å². The highest BCUT2D eigenvalue weighted by molar-refractivity contribution is 6.12. The fourth-order valence-corrected chi connectivity index (χ4v) is 13.3. The molecule has 3 aliphatic heterocycles. The summed E-state index contributed by atoms with van der Waals surface area (Å²) in [5, 5.41) is 27.1. The molecule has 0 bridgehead atoms. The van der Waals surface area contributed by atoms with Crippen LogP contribution in [0.5, 0.6) is 0 Å². The number of amides is 12. The summed E-state index contributed by atoms with van der Waals surface area (Å²) in [6, 6.07) is 12.6. The zero-order valence-electron chi connectivity index (χ0n) is 64.6. The van der Waals surface area contributed by atoms with E-state index >= 15 is 0 Å². The van der Waals surface area contributed by atoms with Gasteiger partial charge in [0.1, 0.15) is 18.1 Å². The number of nitrogens with one attached hydrogen (secondary N) is 6. The summed E-state index contributed by atoms with van der Waals surface area (Å²) in [5.74, 6) is -7.80. The molecule has 0 aromatic heterocycles. The standard InChI is InChI=1S/C76H118N12O19/c1-13-52(6)70(59(102-11)45-66(95)87-30-20-26-58(87)72(103-12)53(7)73(98)80-54(8)71(97)56-24-18-15-19-25-56)84(10)76(101)68(50(2)3)82-75(100)69(51(4)5)83(9)67(96)48-79-74(99)57(44-55-22-16-14-17-23-55)81-61(90)47-77-60(89)46-78-62(91)49-85-32-36-104-40-42-106-38-34-86(35-39-107-43-41-105-37-33-85)63(92)27-21-31-88-64(93)28-29-65(88)94/h14-19,22-25,28-29,50-54,57-59,68-72,97H,13,20-21,26-27,30-49H2,1-12H3,(H,77,89)(H,78,91)(H,79,99)(H,80,98)(H,81,90)(H,82,100)/t52-,53+,54+,57-,58+,59+,68-,69-,70-,71+,72+/m0/s1. The number of imide groups is 1. The predicted molar refractivity (Wildman–Crippen MR) is 396 cm³/mol. The molecule has 2 fully saturated rings. The summed E-state index contributed by atoms with van der Waals surface area (Å²) in [6.45, 7) is 16.3. The molecule has 3 aliphatic rings. The molecule has 0 spiro atoms. The number of nitrogens with zero attached hydrogens (tertiary/aromatic N) is 6. The Morgan fingerprint density at radius 1 is 0.617 bits per heavy atom. The molecule has 0 aliphatic carbocycles. The summed E-state index contributed by atoms with van der Waals surface area (Å²) >= 11 is 0. The van der Waals surface area contributed by atoms with Gasteiger partial charge < -0.3 is 85.0 Å². The van der Waals surface area contributed by atoms with Crippen molar-refractivity contribution in [2.75, 3.05) is 147 Å². The lowest BCUT2D eigenvalue weighted by Crippen LogP contribution is -2.61. The van der Waals surface area contributed by atoms with Crippen LogP contribution in [-0.2, 0) is 92.4 Å². The van der Waals surface area contributed by atoms with Crippen LogP contribution in [0.15, 0.2) is 72.8 Å². The number of hydrogen-bond donors (Lipinski definition) is 7. The predicted octanol–water partition coefficient (Wildman–Crippen LogP) is 0.761. The zero-order chi connectivity index (χ0) is 78.7. The molecule has 107 heavy (non-hydrogen) atoms. The molecule has 3 heterocycles. The summed E-state index contributed by atoms with van der Waals surface area (Å²) in [4.78, 5) is 171. The minimum Gasteiger partial charge on any atom is -0.386 e. The van der Waals surface area contributed by atoms with Crippen molar-refractivity contribution in [3.63, 3.8) is 0 Å². The van der Waals surface area contributed by atoms with Crippen molar-refractivity contribution in [2.45, 2.75) is 155 Å². The molecular formula is C76H118N12O19. The lowest BCUT2D eigenvalue weighted by molar-refractivity contribution is -0.148. The minimum absolute atomic E-state index is 0.00670. The van der Waals surface area contributed by atoms with Crippen LogP contribution >= 0.6 is 0 Å². The first-order valence-corrected chi connectivity index (χ1v) is 37.3. The van der Waals surface area contributed by atoms with E-state index in [1.807, 2.05) is 32.0 Å². The van der Waals surface area contributed by atoms with E-state index in [2.05, 4.69) is 31.9 Å². The third-order valence-corrected chi connectivity index (χ3v) is 19.7. The SMILES string of the molecule is CC[C@H](C)[C@@H]([C@@H](CC(=O)N1CCC[C@@H]1[C@H](OC)[C@@H](C)C(=O)N[C@H](C)[C@@H](O)c1ccccc1)OC)N(C)C(=O)[C@@H](NC(=O)[C@H](C(C)C)N(C)C(=O)CNC(=O)[C@H](Cc1ccccc1)NC(=O)CNC(=O)CNC(=O)CN1CCOCCOCCN(C(=O)CCCN2C(=O)C=CC2=O)CCOCCOCC1)C(C)C. The smallest absolute Gasteiger partial charge is 0.253 e. The van der Waals surface area contributed by atoms with Gasteiger partial charge in [-0.2, -0.15) is 0 Å². The van der Waals surface area contributed by atoms with Crippen molar-refractivity contribution in [2.24, 2.45) is 23.7 Å². The average molecular weight is 1500 g/mol. The van der Waals surface area contributed by atoms with Gasteiger partial charge in [-0.25, -0.2) is 0 Å². The molecule has 0 radical (unpaired) electrons. The van der Waals surface area contributed by atoms with E-state index in [0.717, 1.165) is 4.90 Å². The number of likely N-dealkylation sites (tertiary alicyclic amines) is 1. The Hall–Kier alpha value is -8.30. The van der Waals surface area contributed by atoms with Crippen molar-refractivity contribution in [1.82, 2.24) is 61.3 Å². The largest absolute Gasteiger partial charge is 0.386 e. The van der Waals surface area contributed by atoms with Gasteiger partial charge in [0.25, 0.3) is 11.8 Å². The first-order chi connectivity index (χ1) is 51.1. The summed E-state index contributed by atoms with van der Waals surface area (Å²) in [6.07, 6.45) is 2.15. The van der Waals surface area contributed by atoms with Crippen LogP contribution in [0.2, 0.25) is 0 Å². The molecule has 0 saturated carbocycles. The number of benzene rings is 2. The highest BCUT2D eigenvalue weighted by Gasteiger charge is 2.44. The summed E-state index contributed by atoms with van der Waals surface area (Å²) in [7, 11) is 6.03. The second-order valence-electron chi connectivity index (χ2n) is 28.1. The number of hydrogen-bond acceptors (Lipinski definition) is 20. The fraction of sp³-hybridized carbons (Fsp3) is 0.658. The van der Waals surface area contributed by atoms with E-state index in [9.17, 15) is 62.6 Å². The monoisotopic (exact) mass is 1500 g/mol. The van der Waals surface area contributed by atoms with Gasteiger partial charge in [0.05, 0.1) is 128 Å². The van der Waals surface area contributed by atoms with Crippen LogP contribution in [0.4, 0.5) is 0 Å². The Morgan fingerprint density at radius 3 is 1.75 bits per heavy atom. The van der Waals surface area contributed by atoms with E-state index < -0.39 is 145 Å². The average Bonchev–Trinajstić information content (AvgIpc) is 1.80. The second-order valence-corrected chi connectivity index (χ2v) is 28.1. The van der Waals surface area contributed by atoms with E-state index in [4.69, 9.17) is 28.4 Å². The highest BCUT2D eigenvalue weighted by Crippen LogP contribution is 2.30. The third kappa shape index (κ3) is 29.0. The second kappa shape index (κ2) is 46.8. The molecule has 2 aromatic carbocycles. The van der Waals surface area contributed by atoms with E-state index in [-0.39, 0.29) is 109 Å². The Labute approximate surface area is 629 Å². The lowest BCUT2D eigenvalue weighted by Gasteiger charge is -2.41. The molecule has 596 valence electrons. The van der Waals surface area contributed by atoms with Gasteiger partial charge in [0.2, 0.25) is 59.1 Å². The van der Waals surface area contributed by atoms with Crippen LogP contribution in [0.25, 0.3) is 0 Å². The van der Waals surface area contributed by atoms with Crippen molar-refractivity contribution < 1.29 is 91.1 Å². The first kappa shape index (κ1) is 89.3. The molecule has 11 atom stereocenters. The van der Waals surface area contributed by atoms with Crippen molar-refractivity contribution in [1.29, 1.82) is 0 Å². The highest BCUT2D eigenvalue weighted by atomic mass is 16.5. The number of methoxy groups -OCH3 is 2. The van der Waals surface area contributed by atoms with Gasteiger partial charge in [0, 0.05) is 92.6 Å². The Morgan fingerprint density at radius 2 is 1.19 bits per heavy atom. The molecule has 12 amide bonds. The molecule has 31 nitrogen and oxygen atoms in total. The Kier molecular flexibility index (Phi) is 39.1. The van der Waals surface area contributed by atoms with Gasteiger partial charge in [-0.05, 0) is 55.1 Å². The van der Waals surface area contributed by atoms with E-state index in [1.54, 1.807) is 106 Å². The maximum absolute atomic E-state index is 14.9. The maximum atomic E-state index is 14.9. The van der Waals surface area contributed by atoms with E-state index in [1.165, 1.54) is 43.2 Å². The number of carbonyl (C=O) groups is 12. The molecule has 7 N–H and O–H groups in total. The van der Waals surface area contributed by atoms with Crippen molar-refractivity contribution >= 4 is 70.9 Å². The number of aliphatic hydroxyl groups excluding tert-OH is 1. The number of ether oxygens (including phenoxy) is 6. The molecule has 31 heteroatoms. The Bertz CT molecular complexity index is 3180. The normalized spacial score (nSPS) is 18.8. The van der Waals surface area contributed by atoms with Gasteiger partial charge in [-0.15, -0.1) is 0 Å². The third-order valence-electron chi connectivity index (χ3n) is 19.7. The van der Waals surface area contributed by atoms with E-state index in [0.29, 0.717) is 69.5 Å². The number of aliphatic hydroxyl groups is 1. The maximum Gasteiger partial charge on any atom is 0.253 e. The van der Waals surface area contributed by atoms with Gasteiger partial charge in [-0.3, -0.25) is 67.3 Å². The molecule has 5 rings (SSSR count). The molecular weight excluding hydrogens is 1380 g/mol. The number of carbonyl (C=O) groups excluding carboxylic acids is 12.